The monoisotopic (exact) mass is 421 g/mol. The van der Waals surface area contributed by atoms with Gasteiger partial charge in [-0.15, -0.1) is 0 Å². The average molecular weight is 422 g/mol. The maximum absolute atomic E-state index is 12.5. The second kappa shape index (κ2) is 7.24. The van der Waals surface area contributed by atoms with Crippen molar-refractivity contribution in [2.75, 3.05) is 5.32 Å². The number of hydrogen-bond donors (Lipinski definition) is 1. The SMILES string of the molecule is O=C1SC(Nc2ccc(Br)cc2)C(=O)N1Cc1ccc([N+](=O)[O-])cc1. The molecule has 0 saturated carbocycles. The lowest BCUT2D eigenvalue weighted by molar-refractivity contribution is -0.384. The van der Waals surface area contributed by atoms with Crippen LogP contribution in [0.1, 0.15) is 5.56 Å². The minimum Gasteiger partial charge on any atom is -0.365 e. The normalized spacial score (nSPS) is 17.0. The standard InChI is InChI=1S/C16H12BrN3O4S/c17-11-3-5-12(6-4-11)18-14-15(21)19(16(22)25-14)9-10-1-7-13(8-2-10)20(23)24/h1-8,14,18H,9H2. The Morgan fingerprint density at radius 1 is 1.12 bits per heavy atom. The molecule has 1 aliphatic rings. The first-order chi connectivity index (χ1) is 11.9. The fraction of sp³-hybridized carbons (Fsp3) is 0.125. The van der Waals surface area contributed by atoms with Crippen LogP contribution >= 0.6 is 27.7 Å². The van der Waals surface area contributed by atoms with Crippen LogP contribution in [0, 0.1) is 10.1 Å². The number of benzene rings is 2. The lowest BCUT2D eigenvalue weighted by Crippen LogP contribution is -2.33. The van der Waals surface area contributed by atoms with Crippen LogP contribution in [0.2, 0.25) is 0 Å². The Labute approximate surface area is 155 Å². The average Bonchev–Trinajstić information content (AvgIpc) is 2.85. The minimum absolute atomic E-state index is 0.0352. The van der Waals surface area contributed by atoms with Gasteiger partial charge in [-0.05, 0) is 41.6 Å². The van der Waals surface area contributed by atoms with Crippen LogP contribution in [0.15, 0.2) is 53.0 Å². The highest BCUT2D eigenvalue weighted by molar-refractivity contribution is 9.10. The van der Waals surface area contributed by atoms with Gasteiger partial charge in [0.2, 0.25) is 0 Å². The molecule has 2 aromatic rings. The molecule has 1 heterocycles. The van der Waals surface area contributed by atoms with E-state index in [0.717, 1.165) is 26.8 Å². The molecule has 1 saturated heterocycles. The molecule has 7 nitrogen and oxygen atoms in total. The first-order valence-electron chi connectivity index (χ1n) is 7.21. The summed E-state index contributed by atoms with van der Waals surface area (Å²) in [6.07, 6.45) is 0. The van der Waals surface area contributed by atoms with Crippen molar-refractivity contribution in [3.05, 3.63) is 68.7 Å². The Bertz CT molecular complexity index is 826. The van der Waals surface area contributed by atoms with Gasteiger partial charge in [0.15, 0.2) is 5.37 Å². The largest absolute Gasteiger partial charge is 0.365 e. The second-order valence-electron chi connectivity index (χ2n) is 5.26. The van der Waals surface area contributed by atoms with E-state index in [1.54, 1.807) is 24.3 Å². The maximum atomic E-state index is 12.5. The molecule has 3 rings (SSSR count). The molecule has 0 aromatic heterocycles. The van der Waals surface area contributed by atoms with Gasteiger partial charge in [-0.25, -0.2) is 0 Å². The number of nitrogens with zero attached hydrogens (tertiary/aromatic N) is 2. The molecule has 0 bridgehead atoms. The summed E-state index contributed by atoms with van der Waals surface area (Å²) in [5.74, 6) is -0.337. The van der Waals surface area contributed by atoms with Crippen molar-refractivity contribution < 1.29 is 14.5 Å². The Balaban J connectivity index is 1.68. The van der Waals surface area contributed by atoms with Gasteiger partial charge in [0.05, 0.1) is 11.5 Å². The Morgan fingerprint density at radius 2 is 1.76 bits per heavy atom. The molecule has 1 atom stereocenters. The summed E-state index contributed by atoms with van der Waals surface area (Å²) in [4.78, 5) is 35.9. The number of halogens is 1. The third-order valence-corrected chi connectivity index (χ3v) is 5.07. The van der Waals surface area contributed by atoms with Gasteiger partial charge >= 0.3 is 0 Å². The molecule has 2 aromatic carbocycles. The maximum Gasteiger partial charge on any atom is 0.291 e. The molecule has 0 spiro atoms. The van der Waals surface area contributed by atoms with Crippen molar-refractivity contribution in [1.29, 1.82) is 0 Å². The zero-order valence-electron chi connectivity index (χ0n) is 12.7. The zero-order chi connectivity index (χ0) is 18.0. The van der Waals surface area contributed by atoms with Gasteiger partial charge in [-0.3, -0.25) is 24.6 Å². The molecule has 128 valence electrons. The van der Waals surface area contributed by atoms with E-state index in [4.69, 9.17) is 0 Å². The zero-order valence-corrected chi connectivity index (χ0v) is 15.1. The molecule has 9 heteroatoms. The molecule has 1 fully saturated rings. The lowest BCUT2D eigenvalue weighted by Gasteiger charge is -2.15. The van der Waals surface area contributed by atoms with Gasteiger partial charge in [-0.2, -0.15) is 0 Å². The summed E-state index contributed by atoms with van der Waals surface area (Å²) in [5, 5.41) is 12.7. The summed E-state index contributed by atoms with van der Waals surface area (Å²) < 4.78 is 0.916. The van der Waals surface area contributed by atoms with Gasteiger partial charge < -0.3 is 5.32 Å². The third-order valence-electron chi connectivity index (χ3n) is 3.56. The Morgan fingerprint density at radius 3 is 2.36 bits per heavy atom. The summed E-state index contributed by atoms with van der Waals surface area (Å²) in [7, 11) is 0. The van der Waals surface area contributed by atoms with Gasteiger partial charge in [0, 0.05) is 22.3 Å². The van der Waals surface area contributed by atoms with E-state index in [9.17, 15) is 19.7 Å². The van der Waals surface area contributed by atoms with Crippen LogP contribution in [0.3, 0.4) is 0 Å². The van der Waals surface area contributed by atoms with Gasteiger partial charge in [0.25, 0.3) is 16.8 Å². The summed E-state index contributed by atoms with van der Waals surface area (Å²) >= 11 is 4.25. The number of nitrogens with one attached hydrogen (secondary N) is 1. The van der Waals surface area contributed by atoms with Crippen molar-refractivity contribution >= 4 is 50.2 Å². The predicted octanol–water partition coefficient (Wildman–Crippen LogP) is 3.99. The fourth-order valence-electron chi connectivity index (χ4n) is 2.28. The number of anilines is 1. The van der Waals surface area contributed by atoms with Crippen molar-refractivity contribution in [2.45, 2.75) is 11.9 Å². The second-order valence-corrected chi connectivity index (χ2v) is 7.23. The first-order valence-corrected chi connectivity index (χ1v) is 8.89. The number of rotatable bonds is 5. The summed E-state index contributed by atoms with van der Waals surface area (Å²) in [5.41, 5.74) is 1.35. The number of carbonyl (C=O) groups is 2. The molecular formula is C16H12BrN3O4S. The number of non-ortho nitro benzene ring substituents is 1. The number of nitro groups is 1. The Kier molecular flexibility index (Phi) is 5.05. The van der Waals surface area contributed by atoms with Crippen LogP contribution in [0.5, 0.6) is 0 Å². The summed E-state index contributed by atoms with van der Waals surface area (Å²) in [6.45, 7) is 0.0845. The van der Waals surface area contributed by atoms with E-state index >= 15 is 0 Å². The molecular weight excluding hydrogens is 410 g/mol. The van der Waals surface area contributed by atoms with E-state index in [-0.39, 0.29) is 23.4 Å². The van der Waals surface area contributed by atoms with Gasteiger partial charge in [-0.1, -0.05) is 28.1 Å². The highest BCUT2D eigenvalue weighted by Gasteiger charge is 2.39. The van der Waals surface area contributed by atoms with E-state index in [1.165, 1.54) is 12.1 Å². The number of carbonyl (C=O) groups excluding carboxylic acids is 2. The summed E-state index contributed by atoms with van der Waals surface area (Å²) in [6, 6.07) is 13.1. The van der Waals surface area contributed by atoms with Crippen molar-refractivity contribution in [2.24, 2.45) is 0 Å². The van der Waals surface area contributed by atoms with Crippen LogP contribution in [0.25, 0.3) is 0 Å². The Hall–Kier alpha value is -2.39. The number of nitro benzene ring substituents is 1. The number of imide groups is 1. The van der Waals surface area contributed by atoms with Gasteiger partial charge in [0.1, 0.15) is 0 Å². The minimum atomic E-state index is -0.688. The molecule has 1 N–H and O–H groups in total. The smallest absolute Gasteiger partial charge is 0.291 e. The molecule has 1 unspecified atom stereocenters. The van der Waals surface area contributed by atoms with Crippen molar-refractivity contribution in [3.63, 3.8) is 0 Å². The van der Waals surface area contributed by atoms with Crippen molar-refractivity contribution in [1.82, 2.24) is 4.90 Å². The van der Waals surface area contributed by atoms with Crippen LogP contribution in [-0.2, 0) is 11.3 Å². The first kappa shape index (κ1) is 17.4. The van der Waals surface area contributed by atoms with E-state index in [0.29, 0.717) is 5.56 Å². The van der Waals surface area contributed by atoms with E-state index in [2.05, 4.69) is 21.2 Å². The quantitative estimate of drug-likeness (QED) is 0.579. The molecule has 25 heavy (non-hydrogen) atoms. The van der Waals surface area contributed by atoms with Crippen LogP contribution < -0.4 is 5.32 Å². The fourth-order valence-corrected chi connectivity index (χ4v) is 3.45. The molecule has 0 radical (unpaired) electrons. The molecule has 0 aliphatic carbocycles. The molecule has 1 aliphatic heterocycles. The third kappa shape index (κ3) is 3.99. The van der Waals surface area contributed by atoms with E-state index < -0.39 is 10.3 Å². The molecule has 2 amide bonds. The van der Waals surface area contributed by atoms with Crippen molar-refractivity contribution in [3.8, 4) is 0 Å². The number of amides is 2. The highest BCUT2D eigenvalue weighted by Crippen LogP contribution is 2.30. The van der Waals surface area contributed by atoms with E-state index in [1.807, 2.05) is 12.1 Å². The highest BCUT2D eigenvalue weighted by atomic mass is 79.9. The van der Waals surface area contributed by atoms with Crippen LogP contribution in [0.4, 0.5) is 16.2 Å². The lowest BCUT2D eigenvalue weighted by atomic mass is 10.2. The number of thioether (sulfide) groups is 1. The number of hydrogen-bond acceptors (Lipinski definition) is 6. The predicted molar refractivity (Wildman–Crippen MR) is 98.2 cm³/mol. The van der Waals surface area contributed by atoms with Crippen LogP contribution in [-0.4, -0.2) is 26.3 Å². The topological polar surface area (TPSA) is 92.6 Å².